The molecule has 3 heterocycles. The molecule has 4 rings (SSSR count). The molecule has 10 heteroatoms. The van der Waals surface area contributed by atoms with Gasteiger partial charge in [-0.25, -0.2) is 4.79 Å². The fourth-order valence-corrected chi connectivity index (χ4v) is 4.77. The molecular weight excluding hydrogens is 456 g/mol. The number of carbonyl (C=O) groups excluding carboxylic acids is 3. The molecule has 1 aromatic carbocycles. The number of hydrogen-bond donors (Lipinski definition) is 3. The second-order valence-electron chi connectivity index (χ2n) is 8.35. The van der Waals surface area contributed by atoms with Crippen LogP contribution in [0.3, 0.4) is 0 Å². The summed E-state index contributed by atoms with van der Waals surface area (Å²) in [5.74, 6) is 0.987. The smallest absolute Gasteiger partial charge is 0.325 e. The third kappa shape index (κ3) is 6.94. The minimum Gasteiger partial charge on any atom is -0.486 e. The maximum absolute atomic E-state index is 12.4. The van der Waals surface area contributed by atoms with Gasteiger partial charge in [0, 0.05) is 42.1 Å². The van der Waals surface area contributed by atoms with Gasteiger partial charge in [-0.15, -0.1) is 11.3 Å². The van der Waals surface area contributed by atoms with Crippen molar-refractivity contribution in [3.8, 4) is 11.5 Å². The highest BCUT2D eigenvalue weighted by Crippen LogP contribution is 2.32. The van der Waals surface area contributed by atoms with Gasteiger partial charge < -0.3 is 25.0 Å². The normalized spacial score (nSPS) is 16.0. The van der Waals surface area contributed by atoms with Crippen molar-refractivity contribution in [3.05, 3.63) is 40.6 Å². The van der Waals surface area contributed by atoms with Crippen LogP contribution in [0.5, 0.6) is 11.5 Å². The zero-order valence-corrected chi connectivity index (χ0v) is 19.8. The van der Waals surface area contributed by atoms with E-state index in [4.69, 9.17) is 9.47 Å². The number of amides is 4. The number of benzene rings is 1. The summed E-state index contributed by atoms with van der Waals surface area (Å²) < 4.78 is 10.9. The van der Waals surface area contributed by atoms with Crippen molar-refractivity contribution in [1.82, 2.24) is 15.5 Å². The summed E-state index contributed by atoms with van der Waals surface area (Å²) in [5, 5.41) is 10.1. The molecule has 0 spiro atoms. The first-order valence-electron chi connectivity index (χ1n) is 11.6. The van der Waals surface area contributed by atoms with E-state index in [9.17, 15) is 14.4 Å². The van der Waals surface area contributed by atoms with Crippen LogP contribution in [0.2, 0.25) is 0 Å². The molecule has 0 radical (unpaired) electrons. The first-order chi connectivity index (χ1) is 16.6. The van der Waals surface area contributed by atoms with Crippen LogP contribution in [0.25, 0.3) is 0 Å². The molecule has 0 unspecified atom stereocenters. The molecule has 2 aromatic rings. The van der Waals surface area contributed by atoms with Gasteiger partial charge in [0.05, 0.1) is 0 Å². The SMILES string of the molecule is O=C(CCN1CCC(C(=O)NCCc2cccs2)CC1)NC(=O)Nc1ccc2c(c1)OCCO2. The van der Waals surface area contributed by atoms with Crippen molar-refractivity contribution in [3.63, 3.8) is 0 Å². The first-order valence-corrected chi connectivity index (χ1v) is 12.5. The first kappa shape index (κ1) is 24.0. The van der Waals surface area contributed by atoms with E-state index in [1.165, 1.54) is 4.88 Å². The van der Waals surface area contributed by atoms with Crippen molar-refractivity contribution in [2.45, 2.75) is 25.7 Å². The molecular formula is C24H30N4O5S. The van der Waals surface area contributed by atoms with Gasteiger partial charge in [0.15, 0.2) is 11.5 Å². The van der Waals surface area contributed by atoms with Crippen molar-refractivity contribution in [2.24, 2.45) is 5.92 Å². The van der Waals surface area contributed by atoms with Crippen LogP contribution < -0.4 is 25.4 Å². The van der Waals surface area contributed by atoms with Gasteiger partial charge in [0.1, 0.15) is 13.2 Å². The fourth-order valence-electron chi connectivity index (χ4n) is 4.06. The number of anilines is 1. The number of rotatable bonds is 8. The second kappa shape index (κ2) is 11.8. The number of nitrogens with zero attached hydrogens (tertiary/aromatic N) is 1. The minimum atomic E-state index is -0.584. The second-order valence-corrected chi connectivity index (χ2v) is 9.38. The number of nitrogens with one attached hydrogen (secondary N) is 3. The van der Waals surface area contributed by atoms with Gasteiger partial charge in [0.25, 0.3) is 0 Å². The molecule has 2 aliphatic heterocycles. The van der Waals surface area contributed by atoms with Crippen LogP contribution in [-0.4, -0.2) is 62.1 Å². The van der Waals surface area contributed by atoms with Crippen molar-refractivity contribution < 1.29 is 23.9 Å². The van der Waals surface area contributed by atoms with E-state index in [2.05, 4.69) is 26.9 Å². The number of ether oxygens (including phenoxy) is 2. The maximum Gasteiger partial charge on any atom is 0.325 e. The van der Waals surface area contributed by atoms with Gasteiger partial charge in [-0.05, 0) is 55.9 Å². The van der Waals surface area contributed by atoms with Crippen molar-refractivity contribution in [1.29, 1.82) is 0 Å². The summed E-state index contributed by atoms with van der Waals surface area (Å²) in [5.41, 5.74) is 0.519. The summed E-state index contributed by atoms with van der Waals surface area (Å²) in [4.78, 5) is 40.2. The van der Waals surface area contributed by atoms with Gasteiger partial charge in [-0.3, -0.25) is 14.9 Å². The zero-order valence-electron chi connectivity index (χ0n) is 19.0. The minimum absolute atomic E-state index is 0.0187. The molecule has 1 fully saturated rings. The number of piperidine rings is 1. The Kier molecular flexibility index (Phi) is 8.37. The lowest BCUT2D eigenvalue weighted by Crippen LogP contribution is -2.42. The van der Waals surface area contributed by atoms with Crippen LogP contribution in [0.4, 0.5) is 10.5 Å². The summed E-state index contributed by atoms with van der Waals surface area (Å²) >= 11 is 1.70. The highest BCUT2D eigenvalue weighted by atomic mass is 32.1. The number of carbonyl (C=O) groups is 3. The largest absolute Gasteiger partial charge is 0.486 e. The zero-order chi connectivity index (χ0) is 23.8. The van der Waals surface area contributed by atoms with E-state index >= 15 is 0 Å². The lowest BCUT2D eigenvalue weighted by Gasteiger charge is -2.31. The van der Waals surface area contributed by atoms with E-state index in [1.807, 2.05) is 11.4 Å². The van der Waals surface area contributed by atoms with Crippen LogP contribution in [-0.2, 0) is 16.0 Å². The Morgan fingerprint density at radius 1 is 1.06 bits per heavy atom. The average molecular weight is 487 g/mol. The van der Waals surface area contributed by atoms with Gasteiger partial charge >= 0.3 is 6.03 Å². The van der Waals surface area contributed by atoms with Gasteiger partial charge in [-0.1, -0.05) is 6.07 Å². The van der Waals surface area contributed by atoms with E-state index in [0.717, 1.165) is 32.4 Å². The molecule has 182 valence electrons. The molecule has 1 aromatic heterocycles. The molecule has 0 aliphatic carbocycles. The molecule has 0 bridgehead atoms. The fraction of sp³-hybridized carbons (Fsp3) is 0.458. The molecule has 4 amide bonds. The Balaban J connectivity index is 1.10. The highest BCUT2D eigenvalue weighted by Gasteiger charge is 2.25. The highest BCUT2D eigenvalue weighted by molar-refractivity contribution is 7.09. The molecule has 34 heavy (non-hydrogen) atoms. The van der Waals surface area contributed by atoms with Crippen LogP contribution >= 0.6 is 11.3 Å². The Labute approximate surface area is 202 Å². The van der Waals surface area contributed by atoms with Crippen LogP contribution in [0, 0.1) is 5.92 Å². The molecule has 0 saturated carbocycles. The lowest BCUT2D eigenvalue weighted by atomic mass is 9.95. The van der Waals surface area contributed by atoms with Gasteiger partial charge in [-0.2, -0.15) is 0 Å². The van der Waals surface area contributed by atoms with E-state index < -0.39 is 6.03 Å². The molecule has 2 aliphatic rings. The monoisotopic (exact) mass is 486 g/mol. The molecule has 0 atom stereocenters. The quantitative estimate of drug-likeness (QED) is 0.529. The van der Waals surface area contributed by atoms with Crippen molar-refractivity contribution >= 4 is 34.9 Å². The number of likely N-dealkylation sites (tertiary alicyclic amines) is 1. The number of hydrogen-bond acceptors (Lipinski definition) is 7. The van der Waals surface area contributed by atoms with Crippen LogP contribution in [0.1, 0.15) is 24.1 Å². The Bertz CT molecular complexity index is 989. The molecule has 9 nitrogen and oxygen atoms in total. The maximum atomic E-state index is 12.4. The molecule has 3 N–H and O–H groups in total. The number of thiophene rings is 1. The predicted molar refractivity (Wildman–Crippen MR) is 129 cm³/mol. The summed E-state index contributed by atoms with van der Waals surface area (Å²) in [7, 11) is 0. The topological polar surface area (TPSA) is 109 Å². The third-order valence-electron chi connectivity index (χ3n) is 5.92. The number of imide groups is 1. The Morgan fingerprint density at radius 2 is 1.85 bits per heavy atom. The Morgan fingerprint density at radius 3 is 2.62 bits per heavy atom. The number of fused-ring (bicyclic) bond motifs is 1. The van der Waals surface area contributed by atoms with Crippen molar-refractivity contribution in [2.75, 3.05) is 44.7 Å². The van der Waals surface area contributed by atoms with E-state index in [1.54, 1.807) is 29.5 Å². The predicted octanol–water partition coefficient (Wildman–Crippen LogP) is 2.63. The summed E-state index contributed by atoms with van der Waals surface area (Å²) in [6, 6.07) is 8.60. The third-order valence-corrected chi connectivity index (χ3v) is 6.85. The average Bonchev–Trinajstić information content (AvgIpc) is 3.36. The van der Waals surface area contributed by atoms with E-state index in [-0.39, 0.29) is 24.2 Å². The van der Waals surface area contributed by atoms with Gasteiger partial charge in [0.2, 0.25) is 11.8 Å². The molecule has 1 saturated heterocycles. The standard InChI is InChI=1S/C24H30N4O5S/c29-22(27-24(31)26-18-3-4-20-21(16-18)33-14-13-32-20)8-12-28-10-6-17(7-11-28)23(30)25-9-5-19-2-1-15-34-19/h1-4,15-17H,5-14H2,(H,25,30)(H2,26,27,29,31). The van der Waals surface area contributed by atoms with Crippen LogP contribution in [0.15, 0.2) is 35.7 Å². The Hall–Kier alpha value is -3.11. The van der Waals surface area contributed by atoms with E-state index in [0.29, 0.717) is 43.5 Å². The summed E-state index contributed by atoms with van der Waals surface area (Å²) in [6.07, 6.45) is 2.62. The lowest BCUT2D eigenvalue weighted by molar-refractivity contribution is -0.126. The number of urea groups is 1. The summed E-state index contributed by atoms with van der Waals surface area (Å²) in [6.45, 7) is 3.69.